The molecule has 5 rings (SSSR count). The standard InChI is InChI=1S/C48H64N12O11/c1-27(2)20-37(45(68)59-71)57-44(67)38(22-31-24-51-26-53-31)55-41(64)25-60-19-7-6-10-36(46(60)69)56-42(65)28(3)54-43(66)34(21-30-23-52-35-9-5-4-8-33(30)35)48(47(50)70,18-17-39(49)62)58-40(63)16-13-29-11-14-32(61)15-12-29/h4-5,8-9,11-12,14-15,23-24,26-28,34,36-38,52,61,71H,6-7,10,13,16-22,25H2,1-3H3,(H2,49,62)(H2,50,70)(H,51,53)(H,54,66)(H,55,64)(H,56,65)(H,57,67)(H,58,63)(H,59,68)/t28?,34?,36?,37-,38?,48?/m1/s1. The van der Waals surface area contributed by atoms with Gasteiger partial charge < -0.3 is 58.0 Å². The molecule has 9 amide bonds. The fraction of sp³-hybridized carbons (Fsp3) is 0.458. The van der Waals surface area contributed by atoms with Crippen molar-refractivity contribution in [2.45, 2.75) is 115 Å². The van der Waals surface area contributed by atoms with Crippen LogP contribution in [0.25, 0.3) is 10.9 Å². The van der Waals surface area contributed by atoms with Crippen LogP contribution in [0.15, 0.2) is 67.3 Å². The van der Waals surface area contributed by atoms with Gasteiger partial charge in [0.25, 0.3) is 5.91 Å². The number of aromatic hydroxyl groups is 1. The molecule has 23 heteroatoms. The highest BCUT2D eigenvalue weighted by Gasteiger charge is 2.50. The third kappa shape index (κ3) is 15.1. The maximum atomic E-state index is 14.7. The number of primary amides is 2. The van der Waals surface area contributed by atoms with Crippen molar-refractivity contribution in [3.8, 4) is 5.75 Å². The van der Waals surface area contributed by atoms with E-state index in [0.717, 1.165) is 0 Å². The summed E-state index contributed by atoms with van der Waals surface area (Å²) >= 11 is 0. The molecule has 1 aliphatic rings. The number of hydrogen-bond donors (Lipinski definition) is 12. The number of hydrogen-bond acceptors (Lipinski definition) is 12. The van der Waals surface area contributed by atoms with Gasteiger partial charge in [-0.3, -0.25) is 48.4 Å². The van der Waals surface area contributed by atoms with Gasteiger partial charge in [0, 0.05) is 54.8 Å². The number of aromatic nitrogens is 3. The van der Waals surface area contributed by atoms with E-state index in [1.807, 2.05) is 13.8 Å². The van der Waals surface area contributed by atoms with Gasteiger partial charge in [-0.2, -0.15) is 0 Å². The average molecular weight is 985 g/mol. The smallest absolute Gasteiger partial charge is 0.265 e. The molecule has 1 saturated heterocycles. The minimum absolute atomic E-state index is 0.0242. The summed E-state index contributed by atoms with van der Waals surface area (Å²) < 4.78 is 0. The highest BCUT2D eigenvalue weighted by Crippen LogP contribution is 2.31. The van der Waals surface area contributed by atoms with Crippen LogP contribution in [0, 0.1) is 11.8 Å². The number of aromatic amines is 2. The summed E-state index contributed by atoms with van der Waals surface area (Å²) in [5.74, 6) is -8.83. The molecule has 4 aromatic rings. The Morgan fingerprint density at radius 1 is 0.845 bits per heavy atom. The van der Waals surface area contributed by atoms with E-state index >= 15 is 0 Å². The first-order valence-electron chi connectivity index (χ1n) is 23.4. The number of amides is 9. The van der Waals surface area contributed by atoms with E-state index in [9.17, 15) is 53.5 Å². The Kier molecular flexibility index (Phi) is 19.2. The summed E-state index contributed by atoms with van der Waals surface area (Å²) in [6, 6.07) is 8.42. The van der Waals surface area contributed by atoms with Crippen LogP contribution in [-0.4, -0.2) is 126 Å². The number of aryl methyl sites for hydroxylation is 1. The number of para-hydroxylation sites is 1. The number of phenolic OH excluding ortho intramolecular Hbond substituents is 1. The molecule has 5 unspecified atom stereocenters. The SMILES string of the molecule is CC(C)C[C@@H](NC(=O)C(Cc1cnc[nH]1)NC(=O)CN1CCCCC(NC(=O)C(C)NC(=O)C(Cc2c[nH]c3ccccc23)C(CCC(N)=O)(NC(=O)CCc2ccc(O)cc2)C(N)=O)C1=O)C(=O)NO. The number of imidazole rings is 1. The molecule has 0 spiro atoms. The maximum Gasteiger partial charge on any atom is 0.265 e. The zero-order valence-corrected chi connectivity index (χ0v) is 39.9. The Hall–Kier alpha value is -7.82. The molecule has 2 aromatic carbocycles. The normalized spacial score (nSPS) is 16.3. The van der Waals surface area contributed by atoms with Crippen LogP contribution in [0.4, 0.5) is 0 Å². The second-order valence-corrected chi connectivity index (χ2v) is 18.2. The second-order valence-electron chi connectivity index (χ2n) is 18.2. The Labute approximate surface area is 409 Å². The summed E-state index contributed by atoms with van der Waals surface area (Å²) in [6.45, 7) is 4.62. The number of fused-ring (bicyclic) bond motifs is 1. The van der Waals surface area contributed by atoms with Gasteiger partial charge in [0.15, 0.2) is 0 Å². The molecule has 0 radical (unpaired) electrons. The van der Waals surface area contributed by atoms with E-state index in [0.29, 0.717) is 40.6 Å². The van der Waals surface area contributed by atoms with Crippen molar-refractivity contribution in [2.24, 2.45) is 23.3 Å². The average Bonchev–Trinajstić information content (AvgIpc) is 3.97. The number of rotatable bonds is 25. The van der Waals surface area contributed by atoms with Crippen molar-refractivity contribution in [1.29, 1.82) is 0 Å². The lowest BCUT2D eigenvalue weighted by molar-refractivity contribution is -0.142. The number of H-pyrrole nitrogens is 2. The fourth-order valence-electron chi connectivity index (χ4n) is 8.61. The van der Waals surface area contributed by atoms with Gasteiger partial charge in [-0.05, 0) is 87.1 Å². The Morgan fingerprint density at radius 3 is 2.24 bits per heavy atom. The van der Waals surface area contributed by atoms with Crippen molar-refractivity contribution >= 4 is 64.1 Å². The predicted octanol–water partition coefficient (Wildman–Crippen LogP) is -0.240. The number of nitrogens with zero attached hydrogens (tertiary/aromatic N) is 2. The number of nitrogens with one attached hydrogen (secondary N) is 8. The first-order chi connectivity index (χ1) is 33.8. The number of nitrogens with two attached hydrogens (primary N) is 2. The topological polar surface area (TPSA) is 366 Å². The third-order valence-corrected chi connectivity index (χ3v) is 12.4. The lowest BCUT2D eigenvalue weighted by atomic mass is 9.75. The molecule has 1 fully saturated rings. The van der Waals surface area contributed by atoms with Gasteiger partial charge in [0.05, 0.1) is 18.8 Å². The van der Waals surface area contributed by atoms with Gasteiger partial charge >= 0.3 is 0 Å². The molecular weight excluding hydrogens is 921 g/mol. The zero-order valence-electron chi connectivity index (χ0n) is 39.9. The lowest BCUT2D eigenvalue weighted by Gasteiger charge is -2.38. The third-order valence-electron chi connectivity index (χ3n) is 12.4. The Balaban J connectivity index is 1.33. The maximum absolute atomic E-state index is 14.7. The first kappa shape index (κ1) is 54.1. The van der Waals surface area contributed by atoms with Crippen LogP contribution in [0.2, 0.25) is 0 Å². The second kappa shape index (κ2) is 25.2. The highest BCUT2D eigenvalue weighted by atomic mass is 16.5. The predicted molar refractivity (Wildman–Crippen MR) is 256 cm³/mol. The van der Waals surface area contributed by atoms with E-state index in [1.165, 1.54) is 36.5 Å². The Morgan fingerprint density at radius 2 is 1.58 bits per heavy atom. The Bertz CT molecular complexity index is 2530. The number of carbonyl (C=O) groups excluding carboxylic acids is 9. The van der Waals surface area contributed by atoms with Gasteiger partial charge in [-0.1, -0.05) is 44.2 Å². The van der Waals surface area contributed by atoms with E-state index in [-0.39, 0.29) is 56.7 Å². The molecular formula is C48H64N12O11. The van der Waals surface area contributed by atoms with Crippen LogP contribution in [0.1, 0.15) is 82.5 Å². The monoisotopic (exact) mass is 984 g/mol. The van der Waals surface area contributed by atoms with Gasteiger partial charge in [-0.15, -0.1) is 0 Å². The molecule has 3 heterocycles. The van der Waals surface area contributed by atoms with Gasteiger partial charge in [0.2, 0.25) is 47.3 Å². The summed E-state index contributed by atoms with van der Waals surface area (Å²) in [5.41, 5.74) is 13.4. The quantitative estimate of drug-likeness (QED) is 0.0303. The molecule has 2 aromatic heterocycles. The summed E-state index contributed by atoms with van der Waals surface area (Å²) in [6.07, 6.45) is 4.52. The van der Waals surface area contributed by atoms with Gasteiger partial charge in [0.1, 0.15) is 35.5 Å². The van der Waals surface area contributed by atoms with E-state index in [2.05, 4.69) is 41.5 Å². The molecule has 0 bridgehead atoms. The zero-order chi connectivity index (χ0) is 51.8. The van der Waals surface area contributed by atoms with Crippen LogP contribution in [0.3, 0.4) is 0 Å². The van der Waals surface area contributed by atoms with Crippen LogP contribution in [-0.2, 0) is 62.4 Å². The van der Waals surface area contributed by atoms with Crippen LogP contribution in [0.5, 0.6) is 5.75 Å². The van der Waals surface area contributed by atoms with Gasteiger partial charge in [-0.25, -0.2) is 10.5 Å². The minimum Gasteiger partial charge on any atom is -0.508 e. The van der Waals surface area contributed by atoms with Crippen molar-refractivity contribution in [3.05, 3.63) is 84.1 Å². The van der Waals surface area contributed by atoms with E-state index in [4.69, 9.17) is 11.5 Å². The number of benzene rings is 2. The minimum atomic E-state index is -2.22. The summed E-state index contributed by atoms with van der Waals surface area (Å²) in [5, 5.41) is 32.9. The molecule has 23 nitrogen and oxygen atoms in total. The number of phenols is 1. The molecule has 0 saturated carbocycles. The highest BCUT2D eigenvalue weighted by molar-refractivity contribution is 5.99. The van der Waals surface area contributed by atoms with E-state index in [1.54, 1.807) is 48.1 Å². The molecule has 1 aliphatic heterocycles. The van der Waals surface area contributed by atoms with Crippen molar-refractivity contribution in [3.63, 3.8) is 0 Å². The molecule has 382 valence electrons. The summed E-state index contributed by atoms with van der Waals surface area (Å²) in [4.78, 5) is 133. The van der Waals surface area contributed by atoms with Crippen molar-refractivity contribution in [1.82, 2.24) is 51.9 Å². The number of carbonyl (C=O) groups is 9. The van der Waals surface area contributed by atoms with E-state index < -0.39 is 108 Å². The molecule has 14 N–H and O–H groups in total. The molecule has 6 atom stereocenters. The van der Waals surface area contributed by atoms with Crippen LogP contribution >= 0.6 is 0 Å². The van der Waals surface area contributed by atoms with Crippen molar-refractivity contribution in [2.75, 3.05) is 13.1 Å². The van der Waals surface area contributed by atoms with Crippen molar-refractivity contribution < 1.29 is 53.5 Å². The fourth-order valence-corrected chi connectivity index (χ4v) is 8.61. The first-order valence-corrected chi connectivity index (χ1v) is 23.4. The van der Waals surface area contributed by atoms with Crippen LogP contribution < -0.4 is 43.5 Å². The largest absolute Gasteiger partial charge is 0.508 e. The summed E-state index contributed by atoms with van der Waals surface area (Å²) in [7, 11) is 0. The lowest BCUT2D eigenvalue weighted by Crippen LogP contribution is -2.66. The molecule has 71 heavy (non-hydrogen) atoms. The number of hydroxylamine groups is 1. The number of likely N-dealkylation sites (tertiary alicyclic amines) is 1. The molecule has 0 aliphatic carbocycles.